The van der Waals surface area contributed by atoms with Crippen molar-refractivity contribution in [3.05, 3.63) is 45.4 Å². The minimum Gasteiger partial charge on any atom is -0.346 e. The average molecular weight is 215 g/mol. The Morgan fingerprint density at radius 1 is 1.27 bits per heavy atom. The number of hydrogen-bond donors (Lipinski definition) is 1. The number of aromatic nitrogens is 1. The van der Waals surface area contributed by atoms with E-state index in [1.54, 1.807) is 6.07 Å². The molecule has 0 fully saturated rings. The summed E-state index contributed by atoms with van der Waals surface area (Å²) >= 11 is 1.27. The first kappa shape index (κ1) is 8.68. The van der Waals surface area contributed by atoms with Crippen molar-refractivity contribution in [1.29, 1.82) is 0 Å². The van der Waals surface area contributed by atoms with Crippen molar-refractivity contribution in [2.75, 3.05) is 0 Å². The van der Waals surface area contributed by atoms with Gasteiger partial charge in [0, 0.05) is 16.3 Å². The summed E-state index contributed by atoms with van der Waals surface area (Å²) in [5, 5.41) is 2.37. The third-order valence-electron chi connectivity index (χ3n) is 2.60. The van der Waals surface area contributed by atoms with Gasteiger partial charge in [-0.2, -0.15) is 0 Å². The standard InChI is InChI=1S/C12H9NOS/c1-7-6-10(14)15-12-11(7)8-4-2-3-5-9(8)13-12/h2-6,13H,1H3. The normalized spacial score (nSPS) is 11.3. The lowest BCUT2D eigenvalue weighted by Gasteiger charge is -1.93. The quantitative estimate of drug-likeness (QED) is 0.614. The second-order valence-electron chi connectivity index (χ2n) is 3.62. The van der Waals surface area contributed by atoms with Gasteiger partial charge < -0.3 is 4.98 Å². The van der Waals surface area contributed by atoms with Gasteiger partial charge in [-0.05, 0) is 24.6 Å². The summed E-state index contributed by atoms with van der Waals surface area (Å²) < 4.78 is 0.103. The van der Waals surface area contributed by atoms with E-state index in [1.165, 1.54) is 22.1 Å². The summed E-state index contributed by atoms with van der Waals surface area (Å²) in [4.78, 5) is 15.6. The van der Waals surface area contributed by atoms with Crippen molar-refractivity contribution in [1.82, 2.24) is 4.98 Å². The Labute approximate surface area is 90.2 Å². The molecule has 15 heavy (non-hydrogen) atoms. The molecule has 0 unspecified atom stereocenters. The first-order valence-corrected chi connectivity index (χ1v) is 5.58. The van der Waals surface area contributed by atoms with Gasteiger partial charge in [0.1, 0.15) is 4.83 Å². The molecular formula is C12H9NOS. The molecule has 0 saturated heterocycles. The Bertz CT molecular complexity index is 708. The van der Waals surface area contributed by atoms with Crippen LogP contribution in [-0.2, 0) is 0 Å². The first-order valence-electron chi connectivity index (χ1n) is 4.77. The number of benzene rings is 1. The Kier molecular flexibility index (Phi) is 1.70. The first-order chi connectivity index (χ1) is 7.25. The predicted octanol–water partition coefficient (Wildman–Crippen LogP) is 3.05. The molecule has 0 atom stereocenters. The van der Waals surface area contributed by atoms with Crippen LogP contribution in [0.4, 0.5) is 0 Å². The number of rotatable bonds is 0. The van der Waals surface area contributed by atoms with Crippen molar-refractivity contribution in [2.45, 2.75) is 6.92 Å². The minimum absolute atomic E-state index is 0.103. The van der Waals surface area contributed by atoms with Crippen LogP contribution in [0.5, 0.6) is 0 Å². The third-order valence-corrected chi connectivity index (χ3v) is 3.43. The molecule has 0 radical (unpaired) electrons. The molecule has 74 valence electrons. The van der Waals surface area contributed by atoms with E-state index < -0.39 is 0 Å². The highest BCUT2D eigenvalue weighted by Gasteiger charge is 2.07. The monoisotopic (exact) mass is 215 g/mol. The van der Waals surface area contributed by atoms with Gasteiger partial charge in [-0.1, -0.05) is 29.5 Å². The van der Waals surface area contributed by atoms with Gasteiger partial charge >= 0.3 is 0 Å². The zero-order valence-electron chi connectivity index (χ0n) is 8.20. The molecule has 0 bridgehead atoms. The van der Waals surface area contributed by atoms with Crippen molar-refractivity contribution >= 4 is 32.5 Å². The SMILES string of the molecule is Cc1cc(=O)sc2[nH]c3ccccc3c12. The largest absolute Gasteiger partial charge is 0.346 e. The van der Waals surface area contributed by atoms with E-state index in [-0.39, 0.29) is 4.74 Å². The molecule has 2 heterocycles. The van der Waals surface area contributed by atoms with Crippen molar-refractivity contribution in [3.8, 4) is 0 Å². The smallest absolute Gasteiger partial charge is 0.234 e. The van der Waals surface area contributed by atoms with Gasteiger partial charge in [-0.25, -0.2) is 0 Å². The van der Waals surface area contributed by atoms with Gasteiger partial charge in [0.05, 0.1) is 0 Å². The molecule has 3 heteroatoms. The van der Waals surface area contributed by atoms with Crippen LogP contribution in [0.15, 0.2) is 35.1 Å². The zero-order chi connectivity index (χ0) is 10.4. The van der Waals surface area contributed by atoms with E-state index >= 15 is 0 Å². The summed E-state index contributed by atoms with van der Waals surface area (Å²) in [6.45, 7) is 1.98. The summed E-state index contributed by atoms with van der Waals surface area (Å²) in [6, 6.07) is 9.83. The molecule has 0 spiro atoms. The average Bonchev–Trinajstić information content (AvgIpc) is 2.54. The fourth-order valence-electron chi connectivity index (χ4n) is 1.96. The maximum absolute atomic E-state index is 11.4. The highest BCUT2D eigenvalue weighted by atomic mass is 32.1. The summed E-state index contributed by atoms with van der Waals surface area (Å²) in [5.41, 5.74) is 2.14. The molecule has 3 aromatic rings. The Morgan fingerprint density at radius 3 is 2.93 bits per heavy atom. The molecule has 0 amide bonds. The van der Waals surface area contributed by atoms with Crippen LogP contribution in [0.2, 0.25) is 0 Å². The molecule has 0 saturated carbocycles. The Morgan fingerprint density at radius 2 is 2.07 bits per heavy atom. The fraction of sp³-hybridized carbons (Fsp3) is 0.0833. The topological polar surface area (TPSA) is 32.9 Å². The van der Waals surface area contributed by atoms with Crippen LogP contribution >= 0.6 is 11.3 Å². The second-order valence-corrected chi connectivity index (χ2v) is 4.64. The van der Waals surface area contributed by atoms with Crippen LogP contribution in [0.25, 0.3) is 21.1 Å². The van der Waals surface area contributed by atoms with Crippen molar-refractivity contribution < 1.29 is 0 Å². The van der Waals surface area contributed by atoms with Crippen molar-refractivity contribution in [2.24, 2.45) is 0 Å². The Balaban J connectivity index is 2.67. The Hall–Kier alpha value is -1.61. The third kappa shape index (κ3) is 1.20. The minimum atomic E-state index is 0.103. The van der Waals surface area contributed by atoms with Gasteiger partial charge in [-0.3, -0.25) is 4.79 Å². The van der Waals surface area contributed by atoms with Crippen LogP contribution in [0, 0.1) is 6.92 Å². The molecule has 0 aliphatic heterocycles. The molecule has 3 rings (SSSR count). The number of H-pyrrole nitrogens is 1. The molecule has 0 aliphatic rings. The lowest BCUT2D eigenvalue weighted by Crippen LogP contribution is -1.91. The highest BCUT2D eigenvalue weighted by molar-refractivity contribution is 7.16. The van der Waals surface area contributed by atoms with Gasteiger partial charge in [0.25, 0.3) is 0 Å². The van der Waals surface area contributed by atoms with Crippen LogP contribution in [0.3, 0.4) is 0 Å². The second kappa shape index (κ2) is 2.94. The van der Waals surface area contributed by atoms with Crippen LogP contribution < -0.4 is 4.74 Å². The van der Waals surface area contributed by atoms with Crippen LogP contribution in [0.1, 0.15) is 5.56 Å². The summed E-state index contributed by atoms with van der Waals surface area (Å²) in [6.07, 6.45) is 0. The van der Waals surface area contributed by atoms with Gasteiger partial charge in [-0.15, -0.1) is 0 Å². The number of fused-ring (bicyclic) bond motifs is 3. The van der Waals surface area contributed by atoms with E-state index in [2.05, 4.69) is 11.1 Å². The lowest BCUT2D eigenvalue weighted by molar-refractivity contribution is 1.53. The maximum Gasteiger partial charge on any atom is 0.234 e. The number of para-hydroxylation sites is 1. The molecule has 2 nitrogen and oxygen atoms in total. The molecule has 1 N–H and O–H groups in total. The van der Waals surface area contributed by atoms with Crippen molar-refractivity contribution in [3.63, 3.8) is 0 Å². The number of aromatic amines is 1. The van der Waals surface area contributed by atoms with E-state index in [4.69, 9.17) is 0 Å². The van der Waals surface area contributed by atoms with E-state index in [0.717, 1.165) is 15.9 Å². The van der Waals surface area contributed by atoms with E-state index in [9.17, 15) is 4.79 Å². The van der Waals surface area contributed by atoms with E-state index in [0.29, 0.717) is 0 Å². The molecule has 2 aromatic heterocycles. The summed E-state index contributed by atoms with van der Waals surface area (Å²) in [5.74, 6) is 0. The molecule has 0 aliphatic carbocycles. The van der Waals surface area contributed by atoms with Gasteiger partial charge in [0.2, 0.25) is 4.74 Å². The molecule has 1 aromatic carbocycles. The summed E-state index contributed by atoms with van der Waals surface area (Å²) in [7, 11) is 0. The lowest BCUT2D eigenvalue weighted by atomic mass is 10.1. The van der Waals surface area contributed by atoms with E-state index in [1.807, 2.05) is 25.1 Å². The predicted molar refractivity (Wildman–Crippen MR) is 64.7 cm³/mol. The number of nitrogens with one attached hydrogen (secondary N) is 1. The fourth-order valence-corrected chi connectivity index (χ4v) is 2.94. The molecular weight excluding hydrogens is 206 g/mol. The van der Waals surface area contributed by atoms with Crippen LogP contribution in [-0.4, -0.2) is 4.98 Å². The zero-order valence-corrected chi connectivity index (χ0v) is 9.02. The number of hydrogen-bond acceptors (Lipinski definition) is 2. The maximum atomic E-state index is 11.4. The van der Waals surface area contributed by atoms with Gasteiger partial charge in [0.15, 0.2) is 0 Å². The highest BCUT2D eigenvalue weighted by Crippen LogP contribution is 2.28. The number of aryl methyl sites for hydroxylation is 1.